The molecule has 1 atom stereocenters. The average molecular weight is 785 g/mol. The Bertz CT molecular complexity index is 2470. The van der Waals surface area contributed by atoms with E-state index >= 15 is 0 Å². The number of Topliss-reactive ketones (excluding diaryl/α,β-unsaturated/α-hetero) is 1. The SMILES string of the molecule is CC(C)c1c(C(=O)Nc2ccccc2)c(-c2ccccc2)c(-c2ccc(F)cc2)n1CCC(=O)CC(=O)OC(c1ccccc1)C(O)(c1ccccc1)c1ccccc1. The molecule has 296 valence electrons. The summed E-state index contributed by atoms with van der Waals surface area (Å²) in [5.74, 6) is -2.11. The van der Waals surface area contributed by atoms with Gasteiger partial charge in [0.2, 0.25) is 0 Å². The maximum Gasteiger partial charge on any atom is 0.314 e. The maximum absolute atomic E-state index is 14.4. The number of carbonyl (C=O) groups excluding carboxylic acids is 3. The van der Waals surface area contributed by atoms with Crippen molar-refractivity contribution in [3.63, 3.8) is 0 Å². The molecule has 0 spiro atoms. The average Bonchev–Trinajstić information content (AvgIpc) is 3.62. The zero-order valence-electron chi connectivity index (χ0n) is 32.9. The summed E-state index contributed by atoms with van der Waals surface area (Å²) in [6.07, 6.45) is -1.83. The molecule has 1 heterocycles. The van der Waals surface area contributed by atoms with E-state index in [0.29, 0.717) is 50.5 Å². The Morgan fingerprint density at radius 3 is 1.73 bits per heavy atom. The second-order valence-electron chi connectivity index (χ2n) is 14.7. The molecule has 0 fully saturated rings. The molecule has 0 radical (unpaired) electrons. The lowest BCUT2D eigenvalue weighted by molar-refractivity contribution is -0.164. The third-order valence-corrected chi connectivity index (χ3v) is 10.4. The summed E-state index contributed by atoms with van der Waals surface area (Å²) >= 11 is 0. The van der Waals surface area contributed by atoms with Gasteiger partial charge in [-0.2, -0.15) is 0 Å². The van der Waals surface area contributed by atoms with Gasteiger partial charge in [0.15, 0.2) is 11.7 Å². The molecule has 0 saturated carbocycles. The van der Waals surface area contributed by atoms with E-state index in [1.807, 2.05) is 122 Å². The van der Waals surface area contributed by atoms with Crippen LogP contribution in [0.1, 0.15) is 71.5 Å². The molecule has 59 heavy (non-hydrogen) atoms. The molecular weight excluding hydrogens is 740 g/mol. The highest BCUT2D eigenvalue weighted by Crippen LogP contribution is 2.45. The number of amides is 1. The Morgan fingerprint density at radius 2 is 1.19 bits per heavy atom. The van der Waals surface area contributed by atoms with E-state index in [1.54, 1.807) is 60.7 Å². The van der Waals surface area contributed by atoms with E-state index in [1.165, 1.54) is 12.1 Å². The Kier molecular flexibility index (Phi) is 12.4. The molecule has 0 aliphatic heterocycles. The van der Waals surface area contributed by atoms with Gasteiger partial charge in [-0.1, -0.05) is 153 Å². The first kappa shape index (κ1) is 40.3. The number of carbonyl (C=O) groups is 3. The highest BCUT2D eigenvalue weighted by Gasteiger charge is 2.44. The van der Waals surface area contributed by atoms with Crippen molar-refractivity contribution < 1.29 is 28.6 Å². The molecule has 6 aromatic carbocycles. The minimum atomic E-state index is -1.80. The van der Waals surface area contributed by atoms with Gasteiger partial charge in [-0.3, -0.25) is 14.4 Å². The number of ether oxygens (including phenoxy) is 1. The van der Waals surface area contributed by atoms with Crippen LogP contribution in [-0.2, 0) is 26.5 Å². The van der Waals surface area contributed by atoms with Crippen molar-refractivity contribution in [2.24, 2.45) is 0 Å². The second-order valence-corrected chi connectivity index (χ2v) is 14.7. The lowest BCUT2D eigenvalue weighted by Gasteiger charge is -2.37. The number of nitrogens with zero attached hydrogens (tertiary/aromatic N) is 1. The number of para-hydroxylation sites is 1. The standard InChI is InChI=1S/C51H45FN2O5/c1-35(2)47-46(50(57)53-42-26-16-7-17-27-42)45(36-18-8-3-9-19-36)48(37-28-30-41(52)31-29-37)54(47)33-32-43(55)34-44(56)59-49(38-20-10-4-11-21-38)51(58,39-22-12-5-13-23-39)40-24-14-6-15-25-40/h3-31,35,49,58H,32-34H2,1-2H3,(H,53,57). The molecule has 0 aliphatic rings. The van der Waals surface area contributed by atoms with E-state index in [2.05, 4.69) is 5.32 Å². The van der Waals surface area contributed by atoms with Gasteiger partial charge in [0.25, 0.3) is 5.91 Å². The topological polar surface area (TPSA) is 97.6 Å². The first-order valence-electron chi connectivity index (χ1n) is 19.7. The lowest BCUT2D eigenvalue weighted by Crippen LogP contribution is -2.38. The van der Waals surface area contributed by atoms with Crippen LogP contribution in [0.4, 0.5) is 10.1 Å². The number of hydrogen-bond acceptors (Lipinski definition) is 5. The molecule has 7 aromatic rings. The molecule has 7 nitrogen and oxygen atoms in total. The third-order valence-electron chi connectivity index (χ3n) is 10.4. The van der Waals surface area contributed by atoms with Crippen LogP contribution in [0, 0.1) is 5.82 Å². The van der Waals surface area contributed by atoms with Gasteiger partial charge in [-0.15, -0.1) is 0 Å². The number of hydrogen-bond donors (Lipinski definition) is 2. The monoisotopic (exact) mass is 784 g/mol. The van der Waals surface area contributed by atoms with Gasteiger partial charge in [0.05, 0.1) is 11.3 Å². The largest absolute Gasteiger partial charge is 0.453 e. The van der Waals surface area contributed by atoms with E-state index in [9.17, 15) is 23.9 Å². The van der Waals surface area contributed by atoms with Crippen LogP contribution in [0.15, 0.2) is 176 Å². The number of esters is 1. The summed E-state index contributed by atoms with van der Waals surface area (Å²) in [6.45, 7) is 4.08. The fourth-order valence-electron chi connectivity index (χ4n) is 7.74. The van der Waals surface area contributed by atoms with Crippen LogP contribution >= 0.6 is 0 Å². The fraction of sp³-hybridized carbons (Fsp3) is 0.157. The van der Waals surface area contributed by atoms with Crippen molar-refractivity contribution in [1.29, 1.82) is 0 Å². The van der Waals surface area contributed by atoms with Crippen LogP contribution in [-0.4, -0.2) is 27.3 Å². The number of halogens is 1. The molecular formula is C51H45FN2O5. The number of benzene rings is 6. The zero-order valence-corrected chi connectivity index (χ0v) is 32.9. The van der Waals surface area contributed by atoms with Gasteiger partial charge >= 0.3 is 5.97 Å². The summed E-state index contributed by atoms with van der Waals surface area (Å²) in [5, 5.41) is 15.7. The maximum atomic E-state index is 14.4. The number of ketones is 1. The number of nitrogens with one attached hydrogen (secondary N) is 1. The van der Waals surface area contributed by atoms with Crippen LogP contribution in [0.2, 0.25) is 0 Å². The summed E-state index contributed by atoms with van der Waals surface area (Å²) in [7, 11) is 0. The first-order valence-corrected chi connectivity index (χ1v) is 19.7. The minimum Gasteiger partial charge on any atom is -0.453 e. The summed E-state index contributed by atoms with van der Waals surface area (Å²) < 4.78 is 22.5. The summed E-state index contributed by atoms with van der Waals surface area (Å²) in [6, 6.07) is 51.8. The molecule has 0 aliphatic carbocycles. The van der Waals surface area contributed by atoms with Crippen molar-refractivity contribution in [2.75, 3.05) is 5.32 Å². The molecule has 1 amide bonds. The fourth-order valence-corrected chi connectivity index (χ4v) is 7.74. The lowest BCUT2D eigenvalue weighted by atomic mass is 9.79. The number of rotatable bonds is 15. The Labute approximate surface area is 343 Å². The molecule has 0 saturated heterocycles. The van der Waals surface area contributed by atoms with Crippen molar-refractivity contribution in [3.8, 4) is 22.4 Å². The van der Waals surface area contributed by atoms with Gasteiger partial charge in [-0.25, -0.2) is 4.39 Å². The number of anilines is 1. The predicted molar refractivity (Wildman–Crippen MR) is 229 cm³/mol. The van der Waals surface area contributed by atoms with Gasteiger partial charge in [0.1, 0.15) is 18.0 Å². The van der Waals surface area contributed by atoms with E-state index in [-0.39, 0.29) is 24.8 Å². The highest BCUT2D eigenvalue weighted by atomic mass is 19.1. The van der Waals surface area contributed by atoms with E-state index in [0.717, 1.165) is 5.56 Å². The molecule has 2 N–H and O–H groups in total. The number of aliphatic hydroxyl groups is 1. The van der Waals surface area contributed by atoms with Crippen LogP contribution in [0.25, 0.3) is 22.4 Å². The molecule has 7 rings (SSSR count). The molecule has 1 aromatic heterocycles. The van der Waals surface area contributed by atoms with Crippen LogP contribution in [0.3, 0.4) is 0 Å². The Morgan fingerprint density at radius 1 is 0.678 bits per heavy atom. The summed E-state index contributed by atoms with van der Waals surface area (Å²) in [4.78, 5) is 42.3. The predicted octanol–water partition coefficient (Wildman–Crippen LogP) is 10.9. The quantitative estimate of drug-likeness (QED) is 0.0797. The summed E-state index contributed by atoms with van der Waals surface area (Å²) in [5.41, 5.74) is 4.26. The Balaban J connectivity index is 1.24. The molecule has 1 unspecified atom stereocenters. The van der Waals surface area contributed by atoms with E-state index in [4.69, 9.17) is 4.74 Å². The van der Waals surface area contributed by atoms with E-state index < -0.39 is 35.7 Å². The number of aromatic nitrogens is 1. The van der Waals surface area contributed by atoms with Crippen LogP contribution in [0.5, 0.6) is 0 Å². The van der Waals surface area contributed by atoms with Crippen molar-refractivity contribution in [1.82, 2.24) is 4.57 Å². The van der Waals surface area contributed by atoms with Gasteiger partial charge in [-0.05, 0) is 70.1 Å². The first-order chi connectivity index (χ1) is 28.6. The zero-order chi connectivity index (χ0) is 41.4. The Hall–Kier alpha value is -6.90. The normalized spacial score (nSPS) is 11.9. The third kappa shape index (κ3) is 8.83. The molecule has 0 bridgehead atoms. The van der Waals surface area contributed by atoms with Crippen molar-refractivity contribution >= 4 is 23.3 Å². The minimum absolute atomic E-state index is 0.0800. The smallest absolute Gasteiger partial charge is 0.314 e. The van der Waals surface area contributed by atoms with Gasteiger partial charge < -0.3 is 19.7 Å². The van der Waals surface area contributed by atoms with Gasteiger partial charge in [0, 0.05) is 29.9 Å². The molecule has 8 heteroatoms. The second kappa shape index (κ2) is 18.1. The van der Waals surface area contributed by atoms with Crippen molar-refractivity contribution in [2.45, 2.75) is 50.9 Å². The van der Waals surface area contributed by atoms with Crippen molar-refractivity contribution in [3.05, 3.63) is 210 Å². The highest BCUT2D eigenvalue weighted by molar-refractivity contribution is 6.12. The van der Waals surface area contributed by atoms with Crippen LogP contribution < -0.4 is 5.32 Å².